The number of nitrogens with zero attached hydrogens (tertiary/aromatic N) is 5. The summed E-state index contributed by atoms with van der Waals surface area (Å²) >= 11 is 1.40. The average Bonchev–Trinajstić information content (AvgIpc) is 3.05. The number of hydrogen-bond acceptors (Lipinski definition) is 7. The van der Waals surface area contributed by atoms with Crippen LogP contribution in [0.5, 0.6) is 0 Å². The third-order valence-electron chi connectivity index (χ3n) is 5.36. The molecule has 1 saturated heterocycles. The second-order valence-electron chi connectivity index (χ2n) is 7.83. The van der Waals surface area contributed by atoms with Crippen molar-refractivity contribution in [1.29, 1.82) is 0 Å². The third kappa shape index (κ3) is 5.33. The van der Waals surface area contributed by atoms with E-state index in [0.29, 0.717) is 31.0 Å². The van der Waals surface area contributed by atoms with Gasteiger partial charge in [-0.25, -0.2) is 9.78 Å². The van der Waals surface area contributed by atoms with E-state index in [4.69, 9.17) is 4.74 Å². The van der Waals surface area contributed by atoms with Gasteiger partial charge in [-0.3, -0.25) is 14.7 Å². The van der Waals surface area contributed by atoms with Gasteiger partial charge in [0.05, 0.1) is 17.8 Å². The second kappa shape index (κ2) is 10.6. The number of likely N-dealkylation sites (tertiary alicyclic amines) is 1. The first-order valence-corrected chi connectivity index (χ1v) is 11.5. The fourth-order valence-corrected chi connectivity index (χ4v) is 4.77. The molecule has 0 saturated carbocycles. The first kappa shape index (κ1) is 23.0. The molecule has 0 aliphatic carbocycles. The zero-order valence-corrected chi connectivity index (χ0v) is 19.5. The maximum atomic E-state index is 13.5. The predicted molar refractivity (Wildman–Crippen MR) is 125 cm³/mol. The molecule has 0 spiro atoms. The molecule has 8 nitrogen and oxygen atoms in total. The molecule has 3 heterocycles. The van der Waals surface area contributed by atoms with E-state index in [9.17, 15) is 9.59 Å². The van der Waals surface area contributed by atoms with E-state index in [1.54, 1.807) is 29.4 Å². The predicted octanol–water partition coefficient (Wildman–Crippen LogP) is 3.86. The van der Waals surface area contributed by atoms with Crippen LogP contribution < -0.4 is 4.90 Å². The van der Waals surface area contributed by atoms with Crippen LogP contribution >= 0.6 is 11.3 Å². The fraction of sp³-hybridized carbons (Fsp3) is 0.545. The van der Waals surface area contributed by atoms with Gasteiger partial charge in [-0.1, -0.05) is 6.92 Å². The van der Waals surface area contributed by atoms with Crippen LogP contribution in [-0.2, 0) is 4.74 Å². The number of amides is 2. The van der Waals surface area contributed by atoms with Gasteiger partial charge in [-0.05, 0) is 37.8 Å². The summed E-state index contributed by atoms with van der Waals surface area (Å²) in [7, 11) is 5.63. The molecular weight excluding hydrogens is 414 g/mol. The van der Waals surface area contributed by atoms with Gasteiger partial charge in [-0.15, -0.1) is 11.3 Å². The minimum atomic E-state index is -0.267. The number of rotatable bonds is 6. The Balaban J connectivity index is 1.79. The second-order valence-corrected chi connectivity index (χ2v) is 8.86. The Bertz CT molecular complexity index is 942. The lowest BCUT2D eigenvalue weighted by atomic mass is 10.1. The van der Waals surface area contributed by atoms with E-state index in [2.05, 4.69) is 9.98 Å². The first-order valence-electron chi connectivity index (χ1n) is 10.7. The molecule has 0 radical (unpaired) electrons. The van der Waals surface area contributed by atoms with Crippen LogP contribution in [0.3, 0.4) is 0 Å². The van der Waals surface area contributed by atoms with Crippen molar-refractivity contribution in [2.75, 3.05) is 45.7 Å². The zero-order chi connectivity index (χ0) is 22.4. The maximum absolute atomic E-state index is 13.5. The molecule has 1 unspecified atom stereocenters. The van der Waals surface area contributed by atoms with Gasteiger partial charge in [0.2, 0.25) is 0 Å². The van der Waals surface area contributed by atoms with Gasteiger partial charge in [0, 0.05) is 57.5 Å². The van der Waals surface area contributed by atoms with E-state index in [1.165, 1.54) is 11.3 Å². The van der Waals surface area contributed by atoms with Crippen molar-refractivity contribution in [3.63, 3.8) is 0 Å². The molecule has 0 N–H and O–H groups in total. The monoisotopic (exact) mass is 445 g/mol. The number of carbonyl (C=O) groups is 2. The van der Waals surface area contributed by atoms with Crippen molar-refractivity contribution in [2.24, 2.45) is 4.99 Å². The van der Waals surface area contributed by atoms with Crippen LogP contribution in [0, 0.1) is 0 Å². The number of fused-ring (bicyclic) bond motifs is 1. The molecule has 168 valence electrons. The topological polar surface area (TPSA) is 78.3 Å². The van der Waals surface area contributed by atoms with E-state index in [-0.39, 0.29) is 18.0 Å². The number of anilines is 1. The van der Waals surface area contributed by atoms with Gasteiger partial charge in [0.15, 0.2) is 0 Å². The highest BCUT2D eigenvalue weighted by Gasteiger charge is 2.29. The lowest BCUT2D eigenvalue weighted by Crippen LogP contribution is -2.40. The summed E-state index contributed by atoms with van der Waals surface area (Å²) < 4.78 is 5.28. The smallest absolute Gasteiger partial charge is 0.409 e. The van der Waals surface area contributed by atoms with Crippen LogP contribution in [0.2, 0.25) is 0 Å². The van der Waals surface area contributed by atoms with Gasteiger partial charge in [0.25, 0.3) is 5.91 Å². The summed E-state index contributed by atoms with van der Waals surface area (Å²) in [4.78, 5) is 41.2. The van der Waals surface area contributed by atoms with Gasteiger partial charge < -0.3 is 14.5 Å². The van der Waals surface area contributed by atoms with Crippen LogP contribution in [0.4, 0.5) is 10.5 Å². The zero-order valence-electron chi connectivity index (χ0n) is 18.7. The Morgan fingerprint density at radius 2 is 2.16 bits per heavy atom. The fourth-order valence-electron chi connectivity index (χ4n) is 3.81. The SMILES string of the molecule is CCCOC(=O)N1CCCC(N(C=NC)C(=O)c2cc3c(N(C)C)ccnc3s2)CC1. The van der Waals surface area contributed by atoms with Crippen LogP contribution in [0.1, 0.15) is 42.3 Å². The van der Waals surface area contributed by atoms with Crippen molar-refractivity contribution in [2.45, 2.75) is 38.6 Å². The molecule has 2 aromatic heterocycles. The largest absolute Gasteiger partial charge is 0.449 e. The molecule has 1 fully saturated rings. The van der Waals surface area contributed by atoms with E-state index < -0.39 is 0 Å². The molecule has 1 aliphatic rings. The van der Waals surface area contributed by atoms with Crippen molar-refractivity contribution < 1.29 is 14.3 Å². The summed E-state index contributed by atoms with van der Waals surface area (Å²) in [6.07, 6.45) is 6.22. The number of aromatic nitrogens is 1. The minimum absolute atomic E-state index is 0.0216. The Morgan fingerprint density at radius 1 is 1.35 bits per heavy atom. The Hall–Kier alpha value is -2.68. The molecule has 3 rings (SSSR count). The molecule has 2 amide bonds. The standard InChI is InChI=1S/C22H31N5O3S/c1-5-13-30-22(29)26-11-6-7-16(9-12-26)27(15-23-2)21(28)19-14-17-18(25(3)4)8-10-24-20(17)31-19/h8,10,14-16H,5-7,9,11-13H2,1-4H3. The summed E-state index contributed by atoms with van der Waals surface area (Å²) in [6, 6.07) is 3.85. The van der Waals surface area contributed by atoms with Gasteiger partial charge in [-0.2, -0.15) is 0 Å². The molecule has 1 aliphatic heterocycles. The average molecular weight is 446 g/mol. The number of aliphatic imine (C=N–C) groups is 1. The van der Waals surface area contributed by atoms with Crippen molar-refractivity contribution in [1.82, 2.24) is 14.8 Å². The minimum Gasteiger partial charge on any atom is -0.449 e. The van der Waals surface area contributed by atoms with Crippen molar-refractivity contribution in [3.8, 4) is 0 Å². The first-order chi connectivity index (χ1) is 15.0. The number of pyridine rings is 1. The van der Waals surface area contributed by atoms with Crippen molar-refractivity contribution in [3.05, 3.63) is 23.2 Å². The Morgan fingerprint density at radius 3 is 2.87 bits per heavy atom. The Labute approximate surface area is 187 Å². The number of ether oxygens (including phenoxy) is 1. The number of hydrogen-bond donors (Lipinski definition) is 0. The third-order valence-corrected chi connectivity index (χ3v) is 6.39. The van der Waals surface area contributed by atoms with Crippen LogP contribution in [-0.4, -0.2) is 80.0 Å². The molecule has 9 heteroatoms. The lowest BCUT2D eigenvalue weighted by molar-refractivity contribution is 0.0802. The summed E-state index contributed by atoms with van der Waals surface area (Å²) in [6.45, 7) is 3.61. The summed E-state index contributed by atoms with van der Waals surface area (Å²) in [5.41, 5.74) is 1.03. The molecular formula is C22H31N5O3S. The highest BCUT2D eigenvalue weighted by Crippen LogP contribution is 2.32. The highest BCUT2D eigenvalue weighted by molar-refractivity contribution is 7.20. The molecule has 0 aromatic carbocycles. The van der Waals surface area contributed by atoms with Crippen LogP contribution in [0.25, 0.3) is 10.2 Å². The highest BCUT2D eigenvalue weighted by atomic mass is 32.1. The number of thiophene rings is 1. The normalized spacial score (nSPS) is 17.0. The Kier molecular flexibility index (Phi) is 7.84. The van der Waals surface area contributed by atoms with E-state index in [0.717, 1.165) is 35.2 Å². The quantitative estimate of drug-likeness (QED) is 0.498. The van der Waals surface area contributed by atoms with Gasteiger partial charge >= 0.3 is 6.09 Å². The maximum Gasteiger partial charge on any atom is 0.409 e. The molecule has 0 bridgehead atoms. The van der Waals surface area contributed by atoms with Crippen LogP contribution in [0.15, 0.2) is 23.3 Å². The summed E-state index contributed by atoms with van der Waals surface area (Å²) in [5, 5.41) is 0.972. The van der Waals surface area contributed by atoms with E-state index in [1.807, 2.05) is 38.1 Å². The molecule has 31 heavy (non-hydrogen) atoms. The molecule has 2 aromatic rings. The lowest BCUT2D eigenvalue weighted by Gasteiger charge is -2.27. The summed E-state index contributed by atoms with van der Waals surface area (Å²) in [5.74, 6) is -0.0784. The number of carbonyl (C=O) groups excluding carboxylic acids is 2. The molecule has 1 atom stereocenters. The van der Waals surface area contributed by atoms with Gasteiger partial charge in [0.1, 0.15) is 4.83 Å². The van der Waals surface area contributed by atoms with E-state index >= 15 is 0 Å². The van der Waals surface area contributed by atoms with Crippen molar-refractivity contribution >= 4 is 45.6 Å².